The number of hydrogen-bond donors (Lipinski definition) is 1. The number of aromatic hydroxyl groups is 1. The van der Waals surface area contributed by atoms with E-state index in [1.165, 1.54) is 6.07 Å². The molecule has 0 aliphatic heterocycles. The van der Waals surface area contributed by atoms with Crippen LogP contribution in [0.1, 0.15) is 5.69 Å². The van der Waals surface area contributed by atoms with Crippen molar-refractivity contribution in [2.24, 2.45) is 0 Å². The second-order valence-electron chi connectivity index (χ2n) is 4.33. The number of ether oxygens (including phenoxy) is 2. The summed E-state index contributed by atoms with van der Waals surface area (Å²) in [6.45, 7) is 2.69. The lowest BCUT2D eigenvalue weighted by atomic mass is 10.3. The van der Waals surface area contributed by atoms with Gasteiger partial charge in [-0.05, 0) is 31.2 Å². The number of rotatable bonds is 5. The standard InChI is InChI=1S/C15H17NO4/c1-11-15(18)14(17)7-8-16(11)9-10-20-13-5-3-12(19-2)4-6-13/h3-8,18H,9-10H2,1-2H3. The Morgan fingerprint density at radius 2 is 1.80 bits per heavy atom. The van der Waals surface area contributed by atoms with Gasteiger partial charge in [-0.25, -0.2) is 0 Å². The molecule has 0 atom stereocenters. The summed E-state index contributed by atoms with van der Waals surface area (Å²) in [5.74, 6) is 1.31. The Morgan fingerprint density at radius 3 is 2.45 bits per heavy atom. The quantitative estimate of drug-likeness (QED) is 0.906. The van der Waals surface area contributed by atoms with E-state index in [1.54, 1.807) is 24.8 Å². The molecule has 0 aliphatic rings. The Hall–Kier alpha value is -2.43. The topological polar surface area (TPSA) is 60.7 Å². The highest BCUT2D eigenvalue weighted by atomic mass is 16.5. The van der Waals surface area contributed by atoms with Gasteiger partial charge in [0.2, 0.25) is 5.43 Å². The molecule has 0 saturated carbocycles. The molecule has 0 saturated heterocycles. The van der Waals surface area contributed by atoms with Crippen molar-refractivity contribution in [1.29, 1.82) is 0 Å². The number of hydrogen-bond acceptors (Lipinski definition) is 4. The summed E-state index contributed by atoms with van der Waals surface area (Å²) in [6, 6.07) is 8.65. The maximum Gasteiger partial charge on any atom is 0.223 e. The van der Waals surface area contributed by atoms with Crippen LogP contribution in [-0.4, -0.2) is 23.4 Å². The highest BCUT2D eigenvalue weighted by Gasteiger charge is 2.05. The number of pyridine rings is 1. The molecule has 106 valence electrons. The maximum absolute atomic E-state index is 11.2. The van der Waals surface area contributed by atoms with Gasteiger partial charge in [-0.2, -0.15) is 0 Å². The first-order chi connectivity index (χ1) is 9.61. The van der Waals surface area contributed by atoms with Crippen molar-refractivity contribution < 1.29 is 14.6 Å². The third-order valence-electron chi connectivity index (χ3n) is 3.07. The van der Waals surface area contributed by atoms with Crippen molar-refractivity contribution in [2.75, 3.05) is 13.7 Å². The first kappa shape index (κ1) is 14.0. The van der Waals surface area contributed by atoms with Gasteiger partial charge in [0.25, 0.3) is 0 Å². The molecule has 0 unspecified atom stereocenters. The Kier molecular flexibility index (Phi) is 4.30. The third kappa shape index (κ3) is 3.12. The average Bonchev–Trinajstić information content (AvgIpc) is 2.48. The number of benzene rings is 1. The van der Waals surface area contributed by atoms with Crippen LogP contribution in [0.4, 0.5) is 0 Å². The summed E-state index contributed by atoms with van der Waals surface area (Å²) in [7, 11) is 1.61. The number of aromatic nitrogens is 1. The van der Waals surface area contributed by atoms with E-state index in [0.717, 1.165) is 11.5 Å². The molecule has 1 aromatic carbocycles. The Balaban J connectivity index is 1.95. The zero-order chi connectivity index (χ0) is 14.5. The van der Waals surface area contributed by atoms with Crippen LogP contribution in [0.2, 0.25) is 0 Å². The normalized spacial score (nSPS) is 10.3. The van der Waals surface area contributed by atoms with E-state index in [-0.39, 0.29) is 11.2 Å². The maximum atomic E-state index is 11.2. The molecular formula is C15H17NO4. The lowest BCUT2D eigenvalue weighted by Crippen LogP contribution is -2.14. The molecule has 0 spiro atoms. The number of nitrogens with zero attached hydrogens (tertiary/aromatic N) is 1. The SMILES string of the molecule is COc1ccc(OCCn2ccc(=O)c(O)c2C)cc1. The van der Waals surface area contributed by atoms with Crippen molar-refractivity contribution in [3.05, 3.63) is 52.4 Å². The van der Waals surface area contributed by atoms with Gasteiger partial charge < -0.3 is 19.1 Å². The summed E-state index contributed by atoms with van der Waals surface area (Å²) in [4.78, 5) is 11.2. The van der Waals surface area contributed by atoms with Crippen LogP contribution in [-0.2, 0) is 6.54 Å². The first-order valence-electron chi connectivity index (χ1n) is 6.27. The molecule has 0 radical (unpaired) electrons. The van der Waals surface area contributed by atoms with E-state index in [1.807, 2.05) is 24.3 Å². The molecule has 5 heteroatoms. The van der Waals surface area contributed by atoms with Crippen LogP contribution in [0.3, 0.4) is 0 Å². The fraction of sp³-hybridized carbons (Fsp3) is 0.267. The van der Waals surface area contributed by atoms with Gasteiger partial charge in [0.15, 0.2) is 5.75 Å². The summed E-state index contributed by atoms with van der Waals surface area (Å²) in [6.07, 6.45) is 1.65. The van der Waals surface area contributed by atoms with Gasteiger partial charge in [-0.15, -0.1) is 0 Å². The van der Waals surface area contributed by atoms with Crippen molar-refractivity contribution in [2.45, 2.75) is 13.5 Å². The highest BCUT2D eigenvalue weighted by Crippen LogP contribution is 2.17. The summed E-state index contributed by atoms with van der Waals surface area (Å²) >= 11 is 0. The highest BCUT2D eigenvalue weighted by molar-refractivity contribution is 5.31. The van der Waals surface area contributed by atoms with Crippen molar-refractivity contribution >= 4 is 0 Å². The van der Waals surface area contributed by atoms with E-state index in [4.69, 9.17) is 9.47 Å². The lowest BCUT2D eigenvalue weighted by molar-refractivity contribution is 0.294. The number of methoxy groups -OCH3 is 1. The molecular weight excluding hydrogens is 258 g/mol. The van der Waals surface area contributed by atoms with Crippen LogP contribution < -0.4 is 14.9 Å². The molecule has 5 nitrogen and oxygen atoms in total. The Labute approximate surface area is 117 Å². The van der Waals surface area contributed by atoms with E-state index >= 15 is 0 Å². The van der Waals surface area contributed by atoms with E-state index in [2.05, 4.69) is 0 Å². The fourth-order valence-corrected chi connectivity index (χ4v) is 1.84. The minimum absolute atomic E-state index is 0.211. The second kappa shape index (κ2) is 6.14. The van der Waals surface area contributed by atoms with Gasteiger partial charge in [-0.1, -0.05) is 0 Å². The largest absolute Gasteiger partial charge is 0.503 e. The Bertz CT molecular complexity index is 631. The monoisotopic (exact) mass is 275 g/mol. The predicted molar refractivity (Wildman–Crippen MR) is 75.6 cm³/mol. The molecule has 0 aliphatic carbocycles. The summed E-state index contributed by atoms with van der Waals surface area (Å²) in [5.41, 5.74) is 0.172. The minimum atomic E-state index is -0.366. The van der Waals surface area contributed by atoms with E-state index in [0.29, 0.717) is 18.8 Å². The van der Waals surface area contributed by atoms with E-state index < -0.39 is 0 Å². The zero-order valence-electron chi connectivity index (χ0n) is 11.5. The van der Waals surface area contributed by atoms with Crippen molar-refractivity contribution in [1.82, 2.24) is 4.57 Å². The zero-order valence-corrected chi connectivity index (χ0v) is 11.5. The second-order valence-corrected chi connectivity index (χ2v) is 4.33. The molecule has 2 rings (SSSR count). The molecule has 0 fully saturated rings. The van der Waals surface area contributed by atoms with Gasteiger partial charge in [0.1, 0.15) is 18.1 Å². The lowest BCUT2D eigenvalue weighted by Gasteiger charge is -2.12. The molecule has 20 heavy (non-hydrogen) atoms. The minimum Gasteiger partial charge on any atom is -0.503 e. The van der Waals surface area contributed by atoms with Crippen molar-refractivity contribution in [3.8, 4) is 17.2 Å². The van der Waals surface area contributed by atoms with Gasteiger partial charge in [0.05, 0.1) is 19.3 Å². The molecule has 1 heterocycles. The van der Waals surface area contributed by atoms with Crippen molar-refractivity contribution in [3.63, 3.8) is 0 Å². The van der Waals surface area contributed by atoms with Crippen LogP contribution >= 0.6 is 0 Å². The molecule has 0 bridgehead atoms. The molecule has 2 aromatic rings. The summed E-state index contributed by atoms with van der Waals surface area (Å²) in [5, 5.41) is 9.57. The van der Waals surface area contributed by atoms with Gasteiger partial charge >= 0.3 is 0 Å². The fourth-order valence-electron chi connectivity index (χ4n) is 1.84. The van der Waals surface area contributed by atoms with Crippen LogP contribution in [0.5, 0.6) is 17.2 Å². The summed E-state index contributed by atoms with van der Waals surface area (Å²) < 4.78 is 12.4. The van der Waals surface area contributed by atoms with Gasteiger partial charge in [-0.3, -0.25) is 4.79 Å². The Morgan fingerprint density at radius 1 is 1.15 bits per heavy atom. The van der Waals surface area contributed by atoms with Crippen LogP contribution in [0.15, 0.2) is 41.3 Å². The van der Waals surface area contributed by atoms with Gasteiger partial charge in [0, 0.05) is 12.3 Å². The molecule has 1 aromatic heterocycles. The predicted octanol–water partition coefficient (Wildman–Crippen LogP) is 1.95. The van der Waals surface area contributed by atoms with Crippen LogP contribution in [0.25, 0.3) is 0 Å². The molecule has 1 N–H and O–H groups in total. The van der Waals surface area contributed by atoms with Crippen LogP contribution in [0, 0.1) is 6.92 Å². The average molecular weight is 275 g/mol. The van der Waals surface area contributed by atoms with E-state index in [9.17, 15) is 9.90 Å². The third-order valence-corrected chi connectivity index (χ3v) is 3.07. The first-order valence-corrected chi connectivity index (χ1v) is 6.27. The molecule has 0 amide bonds. The smallest absolute Gasteiger partial charge is 0.223 e.